The van der Waals surface area contributed by atoms with Crippen molar-refractivity contribution < 1.29 is 33.0 Å². The van der Waals surface area contributed by atoms with Gasteiger partial charge in [0, 0.05) is 29.8 Å². The predicted octanol–water partition coefficient (Wildman–Crippen LogP) is 3.69. The molecule has 1 aliphatic heterocycles. The number of ether oxygens (including phenoxy) is 1. The molecule has 2 aliphatic rings. The highest BCUT2D eigenvalue weighted by atomic mass is 28.3. The van der Waals surface area contributed by atoms with Gasteiger partial charge in [0.25, 0.3) is 5.91 Å². The first-order chi connectivity index (χ1) is 16.9. The van der Waals surface area contributed by atoms with E-state index >= 15 is 0 Å². The SMILES string of the molecule is COc1ccc2c(c1)CCN(C(=O)[C@@H]1C[C@H]1CC(=O)O)C2C(=O)Nc1cc(F)c([Si](C)(C)C)c(F)c1. The Kier molecular flexibility index (Phi) is 6.92. The molecule has 3 atom stereocenters. The second kappa shape index (κ2) is 9.65. The van der Waals surface area contributed by atoms with Crippen molar-refractivity contribution >= 4 is 36.7 Å². The lowest BCUT2D eigenvalue weighted by Gasteiger charge is -2.37. The van der Waals surface area contributed by atoms with Crippen LogP contribution in [0.1, 0.15) is 30.0 Å². The van der Waals surface area contributed by atoms with Crippen LogP contribution < -0.4 is 15.2 Å². The van der Waals surface area contributed by atoms with Gasteiger partial charge in [-0.1, -0.05) is 25.7 Å². The average molecular weight is 517 g/mol. The Balaban J connectivity index is 1.65. The number of aliphatic carboxylic acids is 1. The molecule has 0 bridgehead atoms. The van der Waals surface area contributed by atoms with Gasteiger partial charge in [-0.15, -0.1) is 0 Å². The van der Waals surface area contributed by atoms with Gasteiger partial charge in [-0.05, 0) is 54.2 Å². The fourth-order valence-electron chi connectivity index (χ4n) is 5.04. The molecule has 1 saturated carbocycles. The molecule has 1 aliphatic carbocycles. The van der Waals surface area contributed by atoms with Crippen LogP contribution in [-0.4, -0.2) is 49.5 Å². The Morgan fingerprint density at radius 1 is 1.14 bits per heavy atom. The van der Waals surface area contributed by atoms with E-state index in [1.54, 1.807) is 12.1 Å². The number of nitrogens with one attached hydrogen (secondary N) is 1. The molecule has 10 heteroatoms. The van der Waals surface area contributed by atoms with Crippen LogP contribution in [0.25, 0.3) is 0 Å². The minimum Gasteiger partial charge on any atom is -0.497 e. The number of hydrogen-bond acceptors (Lipinski definition) is 4. The van der Waals surface area contributed by atoms with Gasteiger partial charge in [-0.3, -0.25) is 14.4 Å². The zero-order valence-electron chi connectivity index (χ0n) is 20.7. The largest absolute Gasteiger partial charge is 0.497 e. The van der Waals surface area contributed by atoms with Gasteiger partial charge in [-0.2, -0.15) is 0 Å². The molecule has 0 aromatic heterocycles. The molecular weight excluding hydrogens is 486 g/mol. The van der Waals surface area contributed by atoms with Gasteiger partial charge in [0.2, 0.25) is 5.91 Å². The number of carboxylic acid groups (broad SMARTS) is 1. The van der Waals surface area contributed by atoms with Crippen molar-refractivity contribution in [1.29, 1.82) is 0 Å². The molecule has 0 radical (unpaired) electrons. The smallest absolute Gasteiger partial charge is 0.303 e. The maximum absolute atomic E-state index is 14.8. The lowest BCUT2D eigenvalue weighted by molar-refractivity contribution is -0.141. The van der Waals surface area contributed by atoms with Crippen LogP contribution >= 0.6 is 0 Å². The van der Waals surface area contributed by atoms with Crippen LogP contribution in [0, 0.1) is 23.5 Å². The highest BCUT2D eigenvalue weighted by Gasteiger charge is 2.49. The van der Waals surface area contributed by atoms with E-state index in [0.29, 0.717) is 24.2 Å². The van der Waals surface area contributed by atoms with Crippen LogP contribution in [0.15, 0.2) is 30.3 Å². The number of carbonyl (C=O) groups is 3. The second-order valence-electron chi connectivity index (χ2n) is 10.5. The van der Waals surface area contributed by atoms with Gasteiger partial charge in [0.05, 0.1) is 15.2 Å². The second-order valence-corrected chi connectivity index (χ2v) is 15.5. The number of carbonyl (C=O) groups excluding carboxylic acids is 2. The van der Waals surface area contributed by atoms with E-state index in [9.17, 15) is 23.2 Å². The minimum absolute atomic E-state index is 0.0276. The van der Waals surface area contributed by atoms with E-state index in [-0.39, 0.29) is 35.7 Å². The fourth-order valence-corrected chi connectivity index (χ4v) is 6.61. The first-order valence-electron chi connectivity index (χ1n) is 11.9. The highest BCUT2D eigenvalue weighted by Crippen LogP contribution is 2.45. The normalized spacial score (nSPS) is 20.9. The molecule has 2 amide bonds. The molecule has 0 spiro atoms. The summed E-state index contributed by atoms with van der Waals surface area (Å²) in [5, 5.41) is 11.7. The van der Waals surface area contributed by atoms with Crippen LogP contribution in [0.4, 0.5) is 14.5 Å². The van der Waals surface area contributed by atoms with Crippen molar-refractivity contribution in [2.45, 2.75) is 44.9 Å². The molecule has 1 unspecified atom stereocenters. The molecule has 2 N–H and O–H groups in total. The van der Waals surface area contributed by atoms with E-state index in [0.717, 1.165) is 17.7 Å². The summed E-state index contributed by atoms with van der Waals surface area (Å²) in [6, 6.07) is 6.42. The Bertz CT molecular complexity index is 1210. The number of hydrogen-bond donors (Lipinski definition) is 2. The lowest BCUT2D eigenvalue weighted by Crippen LogP contribution is -2.46. The maximum Gasteiger partial charge on any atom is 0.303 e. The van der Waals surface area contributed by atoms with Crippen molar-refractivity contribution in [2.75, 3.05) is 19.0 Å². The third kappa shape index (κ3) is 5.13. The summed E-state index contributed by atoms with van der Waals surface area (Å²) in [5.41, 5.74) is 1.41. The zero-order chi connectivity index (χ0) is 26.4. The van der Waals surface area contributed by atoms with Crippen molar-refractivity contribution in [3.63, 3.8) is 0 Å². The predicted molar refractivity (Wildman–Crippen MR) is 133 cm³/mol. The van der Waals surface area contributed by atoms with Crippen molar-refractivity contribution in [2.24, 2.45) is 11.8 Å². The number of halogens is 2. The van der Waals surface area contributed by atoms with E-state index < -0.39 is 43.5 Å². The van der Waals surface area contributed by atoms with E-state index in [1.165, 1.54) is 12.0 Å². The quantitative estimate of drug-likeness (QED) is 0.548. The third-order valence-electron chi connectivity index (χ3n) is 6.85. The fraction of sp³-hybridized carbons (Fsp3) is 0.423. The van der Waals surface area contributed by atoms with Gasteiger partial charge < -0.3 is 20.1 Å². The van der Waals surface area contributed by atoms with Gasteiger partial charge in [0.1, 0.15) is 23.4 Å². The molecule has 36 heavy (non-hydrogen) atoms. The molecule has 192 valence electrons. The number of rotatable bonds is 7. The van der Waals surface area contributed by atoms with Crippen LogP contribution in [0.3, 0.4) is 0 Å². The number of anilines is 1. The summed E-state index contributed by atoms with van der Waals surface area (Å²) in [5.74, 6) is -3.36. The lowest BCUT2D eigenvalue weighted by atomic mass is 9.91. The maximum atomic E-state index is 14.8. The average Bonchev–Trinajstić information content (AvgIpc) is 3.54. The Labute approximate surface area is 209 Å². The molecule has 7 nitrogen and oxygen atoms in total. The summed E-state index contributed by atoms with van der Waals surface area (Å²) >= 11 is 0. The first-order valence-corrected chi connectivity index (χ1v) is 15.4. The minimum atomic E-state index is -2.29. The molecule has 1 heterocycles. The highest BCUT2D eigenvalue weighted by molar-refractivity contribution is 6.88. The Morgan fingerprint density at radius 3 is 2.39 bits per heavy atom. The summed E-state index contributed by atoms with van der Waals surface area (Å²) < 4.78 is 34.9. The first kappa shape index (κ1) is 25.8. The number of carboxylic acids is 1. The van der Waals surface area contributed by atoms with Crippen LogP contribution in [0.2, 0.25) is 19.6 Å². The van der Waals surface area contributed by atoms with Crippen molar-refractivity contribution in [3.05, 3.63) is 53.1 Å². The van der Waals surface area contributed by atoms with E-state index in [4.69, 9.17) is 9.84 Å². The monoisotopic (exact) mass is 516 g/mol. The topological polar surface area (TPSA) is 95.9 Å². The van der Waals surface area contributed by atoms with Crippen LogP contribution in [0.5, 0.6) is 5.75 Å². The summed E-state index contributed by atoms with van der Waals surface area (Å²) in [4.78, 5) is 39.4. The van der Waals surface area contributed by atoms with Crippen molar-refractivity contribution in [3.8, 4) is 5.75 Å². The van der Waals surface area contributed by atoms with E-state index in [2.05, 4.69) is 5.32 Å². The van der Waals surface area contributed by atoms with Crippen LogP contribution in [-0.2, 0) is 20.8 Å². The number of benzene rings is 2. The van der Waals surface area contributed by atoms with E-state index in [1.807, 2.05) is 25.7 Å². The molecule has 4 rings (SSSR count). The third-order valence-corrected chi connectivity index (χ3v) is 8.82. The molecule has 2 aromatic rings. The van der Waals surface area contributed by atoms with Gasteiger partial charge in [0.15, 0.2) is 0 Å². The number of fused-ring (bicyclic) bond motifs is 1. The standard InChI is InChI=1S/C26H30F2N2O5Si/c1-35-17-5-6-18-14(9-17)7-8-30(26(34)19-10-15(19)11-22(31)32)23(18)25(33)29-16-12-20(27)24(21(28)13-16)36(2,3)4/h5-6,9,12-13,15,19,23H,7-8,10-11H2,1-4H3,(H,29,33)(H,31,32)/t15-,19+,23?/m0/s1. The molecule has 0 saturated heterocycles. The summed E-state index contributed by atoms with van der Waals surface area (Å²) in [6.07, 6.45) is 0.851. The number of nitrogens with zero attached hydrogens (tertiary/aromatic N) is 1. The number of methoxy groups -OCH3 is 1. The van der Waals surface area contributed by atoms with Crippen molar-refractivity contribution in [1.82, 2.24) is 4.90 Å². The Hall–Kier alpha value is -3.27. The van der Waals surface area contributed by atoms with Gasteiger partial charge >= 0.3 is 5.97 Å². The summed E-state index contributed by atoms with van der Waals surface area (Å²) in [7, 11) is -0.758. The van der Waals surface area contributed by atoms with Gasteiger partial charge in [-0.25, -0.2) is 8.78 Å². The number of amides is 2. The zero-order valence-corrected chi connectivity index (χ0v) is 21.7. The molecule has 2 aromatic carbocycles. The molecule has 1 fully saturated rings. The molecular formula is C26H30F2N2O5Si. The summed E-state index contributed by atoms with van der Waals surface area (Å²) in [6.45, 7) is 5.75. The Morgan fingerprint density at radius 2 is 1.81 bits per heavy atom.